The molecule has 1 fully saturated rings. The van der Waals surface area contributed by atoms with Crippen LogP contribution in [0, 0.1) is 5.82 Å². The van der Waals surface area contributed by atoms with E-state index in [1.165, 1.54) is 12.1 Å². The van der Waals surface area contributed by atoms with Gasteiger partial charge in [0.2, 0.25) is 0 Å². The molecule has 0 radical (unpaired) electrons. The quantitative estimate of drug-likeness (QED) is 0.721. The van der Waals surface area contributed by atoms with Crippen molar-refractivity contribution in [2.45, 2.75) is 18.5 Å². The minimum atomic E-state index is -0.886. The van der Waals surface area contributed by atoms with Gasteiger partial charge in [-0.05, 0) is 42.3 Å². The summed E-state index contributed by atoms with van der Waals surface area (Å²) in [5, 5.41) is 4.18. The second kappa shape index (κ2) is 5.78. The number of rotatable bonds is 2. The maximum Gasteiger partial charge on any atom is 0.125 e. The number of fused-ring (bicyclic) bond motifs is 1. The van der Waals surface area contributed by atoms with Crippen LogP contribution in [0.2, 0.25) is 0 Å². The third-order valence-corrected chi connectivity index (χ3v) is 4.63. The molecule has 0 aliphatic carbocycles. The molecule has 1 aromatic heterocycles. The Morgan fingerprint density at radius 2 is 1.87 bits per heavy atom. The molecule has 2 N–H and O–H groups in total. The third-order valence-electron chi connectivity index (χ3n) is 4.63. The molecule has 2 nitrogen and oxygen atoms in total. The van der Waals surface area contributed by atoms with Gasteiger partial charge in [0, 0.05) is 23.4 Å². The zero-order valence-corrected chi connectivity index (χ0v) is 12.7. The molecule has 2 atom stereocenters. The Morgan fingerprint density at radius 1 is 1.04 bits per heavy atom. The average molecular weight is 312 g/mol. The number of aromatic amines is 1. The fourth-order valence-electron chi connectivity index (χ4n) is 3.52. The molecular weight excluding hydrogens is 294 g/mol. The van der Waals surface area contributed by atoms with Crippen molar-refractivity contribution in [1.82, 2.24) is 10.3 Å². The summed E-state index contributed by atoms with van der Waals surface area (Å²) in [5.41, 5.74) is 3.56. The summed E-state index contributed by atoms with van der Waals surface area (Å²) in [5.74, 6) is -0.512. The first-order chi connectivity index (χ1) is 11.2. The summed E-state index contributed by atoms with van der Waals surface area (Å²) in [4.78, 5) is 3.30. The van der Waals surface area contributed by atoms with Gasteiger partial charge in [-0.25, -0.2) is 8.78 Å². The van der Waals surface area contributed by atoms with Gasteiger partial charge in [-0.2, -0.15) is 0 Å². The van der Waals surface area contributed by atoms with Gasteiger partial charge < -0.3 is 10.3 Å². The van der Waals surface area contributed by atoms with Gasteiger partial charge in [-0.15, -0.1) is 0 Å². The molecular formula is C19H18F2N2. The first kappa shape index (κ1) is 14.4. The second-order valence-electron chi connectivity index (χ2n) is 6.08. The Labute approximate surface area is 133 Å². The van der Waals surface area contributed by atoms with E-state index in [0.29, 0.717) is 19.5 Å². The topological polar surface area (TPSA) is 27.8 Å². The van der Waals surface area contributed by atoms with Gasteiger partial charge in [0.1, 0.15) is 12.0 Å². The van der Waals surface area contributed by atoms with Crippen molar-refractivity contribution in [2.75, 3.05) is 13.1 Å². The summed E-state index contributed by atoms with van der Waals surface area (Å²) in [6.45, 7) is 1.31. The highest BCUT2D eigenvalue weighted by Gasteiger charge is 2.31. The van der Waals surface area contributed by atoms with Crippen molar-refractivity contribution in [3.63, 3.8) is 0 Å². The molecule has 1 saturated heterocycles. The summed E-state index contributed by atoms with van der Waals surface area (Å²) < 4.78 is 28.2. The van der Waals surface area contributed by atoms with Crippen LogP contribution < -0.4 is 5.32 Å². The van der Waals surface area contributed by atoms with Crippen molar-refractivity contribution in [1.29, 1.82) is 0 Å². The van der Waals surface area contributed by atoms with E-state index in [2.05, 4.69) is 10.3 Å². The smallest absolute Gasteiger partial charge is 0.125 e. The maximum absolute atomic E-state index is 14.6. The van der Waals surface area contributed by atoms with Gasteiger partial charge in [0.25, 0.3) is 0 Å². The van der Waals surface area contributed by atoms with Gasteiger partial charge in [0.05, 0.1) is 5.69 Å². The Morgan fingerprint density at radius 3 is 2.65 bits per heavy atom. The number of alkyl halides is 1. The van der Waals surface area contributed by atoms with Gasteiger partial charge in [0.15, 0.2) is 0 Å². The number of hydrogen-bond donors (Lipinski definition) is 2. The number of halogens is 2. The molecule has 2 heterocycles. The fraction of sp³-hybridized carbons (Fsp3) is 0.263. The Kier molecular flexibility index (Phi) is 3.62. The molecule has 118 valence electrons. The molecule has 0 amide bonds. The predicted octanol–water partition coefficient (Wildman–Crippen LogP) is 4.39. The summed E-state index contributed by atoms with van der Waals surface area (Å²) >= 11 is 0. The van der Waals surface area contributed by atoms with Crippen molar-refractivity contribution in [2.24, 2.45) is 0 Å². The van der Waals surface area contributed by atoms with Crippen LogP contribution in [0.4, 0.5) is 8.78 Å². The highest BCUT2D eigenvalue weighted by Crippen LogP contribution is 2.39. The van der Waals surface area contributed by atoms with E-state index in [4.69, 9.17) is 0 Å². The molecule has 23 heavy (non-hydrogen) atoms. The van der Waals surface area contributed by atoms with Crippen LogP contribution in [0.25, 0.3) is 22.2 Å². The number of H-pyrrole nitrogens is 1. The van der Waals surface area contributed by atoms with E-state index < -0.39 is 6.17 Å². The van der Waals surface area contributed by atoms with Crippen molar-refractivity contribution < 1.29 is 8.78 Å². The normalized spacial score (nSPS) is 21.7. The summed E-state index contributed by atoms with van der Waals surface area (Å²) in [7, 11) is 0. The van der Waals surface area contributed by atoms with E-state index in [9.17, 15) is 8.78 Å². The second-order valence-corrected chi connectivity index (χ2v) is 6.08. The van der Waals surface area contributed by atoms with E-state index in [1.54, 1.807) is 6.07 Å². The van der Waals surface area contributed by atoms with Crippen LogP contribution in [0.1, 0.15) is 17.9 Å². The highest BCUT2D eigenvalue weighted by atomic mass is 19.1. The number of aromatic nitrogens is 1. The number of nitrogens with one attached hydrogen (secondary N) is 2. The Bertz CT molecular complexity index is 826. The SMILES string of the molecule is Fc1ccc2c(C3CNCC[C@H]3F)c(-c3ccccc3)[nH]c2c1. The number of piperidine rings is 1. The lowest BCUT2D eigenvalue weighted by molar-refractivity contribution is 0.229. The molecule has 1 aliphatic heterocycles. The van der Waals surface area contributed by atoms with Crippen molar-refractivity contribution in [3.8, 4) is 11.3 Å². The monoisotopic (exact) mass is 312 g/mol. The summed E-state index contributed by atoms with van der Waals surface area (Å²) in [6, 6.07) is 14.5. The summed E-state index contributed by atoms with van der Waals surface area (Å²) in [6.07, 6.45) is -0.380. The molecule has 0 saturated carbocycles. The lowest BCUT2D eigenvalue weighted by Crippen LogP contribution is -2.36. The number of benzene rings is 2. The number of hydrogen-bond acceptors (Lipinski definition) is 1. The molecule has 2 aromatic carbocycles. The van der Waals surface area contributed by atoms with Crippen LogP contribution >= 0.6 is 0 Å². The molecule has 0 spiro atoms. The van der Waals surface area contributed by atoms with Gasteiger partial charge in [-0.1, -0.05) is 30.3 Å². The molecule has 4 rings (SSSR count). The van der Waals surface area contributed by atoms with Crippen LogP contribution in [-0.2, 0) is 0 Å². The molecule has 1 unspecified atom stereocenters. The fourth-order valence-corrected chi connectivity index (χ4v) is 3.52. The van der Waals surface area contributed by atoms with Crippen LogP contribution in [0.5, 0.6) is 0 Å². The zero-order valence-electron chi connectivity index (χ0n) is 12.7. The molecule has 0 bridgehead atoms. The highest BCUT2D eigenvalue weighted by molar-refractivity contribution is 5.91. The minimum absolute atomic E-state index is 0.224. The minimum Gasteiger partial charge on any atom is -0.354 e. The Balaban J connectivity index is 1.95. The lowest BCUT2D eigenvalue weighted by Gasteiger charge is -2.27. The lowest BCUT2D eigenvalue weighted by atomic mass is 9.86. The largest absolute Gasteiger partial charge is 0.354 e. The van der Waals surface area contributed by atoms with Crippen LogP contribution in [0.3, 0.4) is 0 Å². The Hall–Kier alpha value is -2.20. The zero-order chi connectivity index (χ0) is 15.8. The average Bonchev–Trinajstić information content (AvgIpc) is 2.94. The third kappa shape index (κ3) is 2.53. The van der Waals surface area contributed by atoms with Crippen molar-refractivity contribution in [3.05, 3.63) is 59.9 Å². The van der Waals surface area contributed by atoms with E-state index in [1.807, 2.05) is 30.3 Å². The van der Waals surface area contributed by atoms with Gasteiger partial charge >= 0.3 is 0 Å². The van der Waals surface area contributed by atoms with Crippen molar-refractivity contribution >= 4 is 10.9 Å². The maximum atomic E-state index is 14.6. The molecule has 4 heteroatoms. The van der Waals surface area contributed by atoms with Crippen LogP contribution in [-0.4, -0.2) is 24.2 Å². The predicted molar refractivity (Wildman–Crippen MR) is 88.8 cm³/mol. The van der Waals surface area contributed by atoms with E-state index in [0.717, 1.165) is 27.7 Å². The first-order valence-electron chi connectivity index (χ1n) is 7.95. The van der Waals surface area contributed by atoms with E-state index in [-0.39, 0.29) is 11.7 Å². The first-order valence-corrected chi connectivity index (χ1v) is 7.95. The standard InChI is InChI=1S/C19H18F2N2/c20-13-6-7-14-17(10-13)23-19(12-4-2-1-3-5-12)18(14)15-11-22-9-8-16(15)21/h1-7,10,15-16,22-23H,8-9,11H2/t15?,16-/m1/s1. The van der Waals surface area contributed by atoms with Gasteiger partial charge in [-0.3, -0.25) is 0 Å². The van der Waals surface area contributed by atoms with Crippen LogP contribution in [0.15, 0.2) is 48.5 Å². The molecule has 1 aliphatic rings. The molecule has 3 aromatic rings. The van der Waals surface area contributed by atoms with E-state index >= 15 is 0 Å².